The van der Waals surface area contributed by atoms with Crippen LogP contribution in [0.1, 0.15) is 32.1 Å². The van der Waals surface area contributed by atoms with Gasteiger partial charge in [-0.15, -0.1) is 0 Å². The van der Waals surface area contributed by atoms with Gasteiger partial charge in [-0.3, -0.25) is 0 Å². The van der Waals surface area contributed by atoms with Crippen LogP contribution in [0.2, 0.25) is 0 Å². The highest BCUT2D eigenvalue weighted by Gasteiger charge is 2.24. The first-order chi connectivity index (χ1) is 10.1. The average Bonchev–Trinajstić information content (AvgIpc) is 2.52. The Morgan fingerprint density at radius 2 is 2.00 bits per heavy atom. The van der Waals surface area contributed by atoms with Gasteiger partial charge in [0.1, 0.15) is 6.61 Å². The number of carbonyl (C=O) groups excluding carboxylic acids is 1. The fraction of sp³-hybridized carbons (Fsp3) is 0.857. The maximum absolute atomic E-state index is 12.0. The molecule has 2 aliphatic heterocycles. The molecule has 0 aliphatic carbocycles. The van der Waals surface area contributed by atoms with Crippen LogP contribution in [0.25, 0.3) is 0 Å². The van der Waals surface area contributed by atoms with Crippen molar-refractivity contribution in [2.45, 2.75) is 44.3 Å². The van der Waals surface area contributed by atoms with Crippen molar-refractivity contribution in [3.8, 4) is 0 Å². The van der Waals surface area contributed by atoms with E-state index in [9.17, 15) is 9.59 Å². The van der Waals surface area contributed by atoms with E-state index in [1.165, 1.54) is 0 Å². The van der Waals surface area contributed by atoms with Gasteiger partial charge in [0.05, 0.1) is 12.2 Å². The van der Waals surface area contributed by atoms with Crippen LogP contribution < -0.4 is 5.32 Å². The number of nitrogens with one attached hydrogen (secondary N) is 1. The van der Waals surface area contributed by atoms with Crippen molar-refractivity contribution in [3.63, 3.8) is 0 Å². The number of carbonyl (C=O) groups is 2. The normalized spacial score (nSPS) is 23.8. The number of carboxylic acid groups (broad SMARTS) is 1. The van der Waals surface area contributed by atoms with E-state index in [4.69, 9.17) is 14.6 Å². The molecular weight excluding hydrogens is 276 g/mol. The van der Waals surface area contributed by atoms with Gasteiger partial charge in [0.25, 0.3) is 0 Å². The number of hydrogen-bond acceptors (Lipinski definition) is 4. The number of likely N-dealkylation sites (tertiary alicyclic amines) is 1. The molecule has 0 spiro atoms. The molecule has 120 valence electrons. The minimum Gasteiger partial charge on any atom is -0.480 e. The second-order valence-electron chi connectivity index (χ2n) is 5.57. The molecule has 2 aliphatic rings. The van der Waals surface area contributed by atoms with Crippen molar-refractivity contribution in [1.82, 2.24) is 10.2 Å². The monoisotopic (exact) mass is 300 g/mol. The maximum Gasteiger partial charge on any atom is 0.329 e. The molecule has 2 amide bonds. The molecule has 2 rings (SSSR count). The average molecular weight is 300 g/mol. The zero-order valence-corrected chi connectivity index (χ0v) is 12.3. The van der Waals surface area contributed by atoms with Crippen LogP contribution in [0.4, 0.5) is 4.79 Å². The van der Waals surface area contributed by atoms with Crippen LogP contribution in [0.3, 0.4) is 0 Å². The largest absolute Gasteiger partial charge is 0.480 e. The molecule has 0 radical (unpaired) electrons. The molecule has 0 aromatic heterocycles. The number of piperidine rings is 1. The van der Waals surface area contributed by atoms with Gasteiger partial charge in [-0.2, -0.15) is 0 Å². The van der Waals surface area contributed by atoms with E-state index in [1.54, 1.807) is 4.90 Å². The lowest BCUT2D eigenvalue weighted by atomic mass is 10.1. The van der Waals surface area contributed by atoms with Gasteiger partial charge in [0, 0.05) is 26.2 Å². The number of nitrogens with zero attached hydrogens (tertiary/aromatic N) is 1. The third-order valence-electron chi connectivity index (χ3n) is 3.93. The third kappa shape index (κ3) is 5.51. The first-order valence-electron chi connectivity index (χ1n) is 7.63. The minimum atomic E-state index is -0.956. The van der Waals surface area contributed by atoms with Crippen LogP contribution in [-0.2, 0) is 14.3 Å². The Balaban J connectivity index is 1.62. The van der Waals surface area contributed by atoms with Gasteiger partial charge in [0.15, 0.2) is 0 Å². The van der Waals surface area contributed by atoms with Crippen molar-refractivity contribution in [3.05, 3.63) is 0 Å². The third-order valence-corrected chi connectivity index (χ3v) is 3.93. The van der Waals surface area contributed by atoms with E-state index in [0.717, 1.165) is 25.9 Å². The Labute approximate surface area is 124 Å². The summed E-state index contributed by atoms with van der Waals surface area (Å²) in [5.41, 5.74) is 0. The van der Waals surface area contributed by atoms with Gasteiger partial charge >= 0.3 is 12.0 Å². The highest BCUT2D eigenvalue weighted by Crippen LogP contribution is 2.14. The lowest BCUT2D eigenvalue weighted by molar-refractivity contribution is -0.145. The number of ether oxygens (including phenoxy) is 2. The molecule has 21 heavy (non-hydrogen) atoms. The van der Waals surface area contributed by atoms with Crippen molar-refractivity contribution in [1.29, 1.82) is 0 Å². The highest BCUT2D eigenvalue weighted by atomic mass is 16.5. The molecule has 0 aromatic carbocycles. The molecule has 1 unspecified atom stereocenters. The molecule has 2 N–H and O–H groups in total. The summed E-state index contributed by atoms with van der Waals surface area (Å²) in [6.07, 6.45) is 4.71. The van der Waals surface area contributed by atoms with Crippen molar-refractivity contribution >= 4 is 12.0 Å². The van der Waals surface area contributed by atoms with Gasteiger partial charge < -0.3 is 24.8 Å². The van der Waals surface area contributed by atoms with E-state index in [2.05, 4.69) is 5.32 Å². The fourth-order valence-electron chi connectivity index (χ4n) is 2.70. The molecule has 0 aromatic rings. The van der Waals surface area contributed by atoms with Crippen molar-refractivity contribution < 1.29 is 24.2 Å². The molecule has 0 saturated carbocycles. The lowest BCUT2D eigenvalue weighted by Gasteiger charge is -2.32. The van der Waals surface area contributed by atoms with E-state index in [1.807, 2.05) is 0 Å². The Bertz CT molecular complexity index is 349. The predicted molar refractivity (Wildman–Crippen MR) is 75.2 cm³/mol. The molecule has 0 bridgehead atoms. The van der Waals surface area contributed by atoms with Crippen LogP contribution in [0.15, 0.2) is 0 Å². The van der Waals surface area contributed by atoms with Gasteiger partial charge in [-0.25, -0.2) is 9.59 Å². The number of amides is 2. The van der Waals surface area contributed by atoms with Crippen LogP contribution >= 0.6 is 0 Å². The SMILES string of the molecule is O=C(O)COC1CCN(C(=O)NCC2CCCCO2)CC1. The number of carboxylic acids is 1. The first-order valence-corrected chi connectivity index (χ1v) is 7.63. The Morgan fingerprint density at radius 1 is 1.24 bits per heavy atom. The lowest BCUT2D eigenvalue weighted by Crippen LogP contribution is -2.48. The van der Waals surface area contributed by atoms with Gasteiger partial charge in [0.2, 0.25) is 0 Å². The number of rotatable bonds is 5. The molecule has 2 fully saturated rings. The second-order valence-corrected chi connectivity index (χ2v) is 5.57. The van der Waals surface area contributed by atoms with E-state index >= 15 is 0 Å². The van der Waals surface area contributed by atoms with E-state index < -0.39 is 5.97 Å². The van der Waals surface area contributed by atoms with E-state index in [0.29, 0.717) is 32.5 Å². The van der Waals surface area contributed by atoms with Gasteiger partial charge in [-0.1, -0.05) is 0 Å². The number of hydrogen-bond donors (Lipinski definition) is 2. The summed E-state index contributed by atoms with van der Waals surface area (Å²) in [5, 5.41) is 11.5. The molecule has 7 nitrogen and oxygen atoms in total. The smallest absolute Gasteiger partial charge is 0.329 e. The summed E-state index contributed by atoms with van der Waals surface area (Å²) in [6.45, 7) is 2.28. The predicted octanol–water partition coefficient (Wildman–Crippen LogP) is 0.831. The zero-order valence-electron chi connectivity index (χ0n) is 12.3. The Kier molecular flexibility index (Phi) is 6.25. The number of aliphatic carboxylic acids is 1. The van der Waals surface area contributed by atoms with Crippen molar-refractivity contribution in [2.75, 3.05) is 32.8 Å². The molecule has 1 atom stereocenters. The van der Waals surface area contributed by atoms with Crippen LogP contribution in [0, 0.1) is 0 Å². The quantitative estimate of drug-likeness (QED) is 0.785. The zero-order chi connectivity index (χ0) is 15.1. The minimum absolute atomic E-state index is 0.0631. The maximum atomic E-state index is 12.0. The molecule has 2 saturated heterocycles. The summed E-state index contributed by atoms with van der Waals surface area (Å²) in [6, 6.07) is -0.0686. The van der Waals surface area contributed by atoms with Gasteiger partial charge in [-0.05, 0) is 32.1 Å². The van der Waals surface area contributed by atoms with Crippen LogP contribution in [0.5, 0.6) is 0 Å². The standard InChI is InChI=1S/C14H24N2O5/c17-13(18)10-21-11-4-6-16(7-5-11)14(19)15-9-12-3-1-2-8-20-12/h11-12H,1-10H2,(H,15,19)(H,17,18). The summed E-state index contributed by atoms with van der Waals surface area (Å²) in [7, 11) is 0. The summed E-state index contributed by atoms with van der Waals surface area (Å²) in [5.74, 6) is -0.956. The Hall–Kier alpha value is -1.34. The molecular formula is C14H24N2O5. The topological polar surface area (TPSA) is 88.1 Å². The first kappa shape index (κ1) is 16.0. The summed E-state index contributed by atoms with van der Waals surface area (Å²) >= 11 is 0. The second kappa shape index (κ2) is 8.19. The van der Waals surface area contributed by atoms with Crippen molar-refractivity contribution in [2.24, 2.45) is 0 Å². The van der Waals surface area contributed by atoms with E-state index in [-0.39, 0.29) is 24.8 Å². The molecule has 2 heterocycles. The highest BCUT2D eigenvalue weighted by molar-refractivity contribution is 5.74. The fourth-order valence-corrected chi connectivity index (χ4v) is 2.70. The number of urea groups is 1. The summed E-state index contributed by atoms with van der Waals surface area (Å²) < 4.78 is 10.8. The molecule has 7 heteroatoms. The van der Waals surface area contributed by atoms with Crippen LogP contribution in [-0.4, -0.2) is 67.1 Å². The summed E-state index contributed by atoms with van der Waals surface area (Å²) in [4.78, 5) is 24.2. The Morgan fingerprint density at radius 3 is 2.62 bits per heavy atom.